The van der Waals surface area contributed by atoms with Gasteiger partial charge in [-0.3, -0.25) is 4.98 Å². The summed E-state index contributed by atoms with van der Waals surface area (Å²) in [5.41, 5.74) is 1.49. The molecule has 1 heterocycles. The topological polar surface area (TPSA) is 12.9 Å². The van der Waals surface area contributed by atoms with Crippen LogP contribution in [0.25, 0.3) is 0 Å². The summed E-state index contributed by atoms with van der Waals surface area (Å²) in [5.74, 6) is 0.305. The fourth-order valence-corrected chi connectivity index (χ4v) is 1.58. The molecule has 1 fully saturated rings. The summed E-state index contributed by atoms with van der Waals surface area (Å²) in [4.78, 5) is 4.11. The lowest BCUT2D eigenvalue weighted by atomic mass is 10.1. The van der Waals surface area contributed by atoms with Crippen LogP contribution in [-0.2, 0) is 0 Å². The van der Waals surface area contributed by atoms with Gasteiger partial charge in [-0.2, -0.15) is 0 Å². The third-order valence-electron chi connectivity index (χ3n) is 2.18. The van der Waals surface area contributed by atoms with Gasteiger partial charge >= 0.3 is 0 Å². The summed E-state index contributed by atoms with van der Waals surface area (Å²) in [5, 5.41) is 0. The maximum atomic E-state index is 13.5. The van der Waals surface area contributed by atoms with E-state index in [2.05, 4.69) is 20.9 Å². The van der Waals surface area contributed by atoms with Crippen LogP contribution >= 0.6 is 15.9 Å². The van der Waals surface area contributed by atoms with Crippen LogP contribution in [0.1, 0.15) is 30.0 Å². The van der Waals surface area contributed by atoms with E-state index in [-0.39, 0.29) is 5.82 Å². The molecule has 0 atom stereocenters. The summed E-state index contributed by atoms with van der Waals surface area (Å²) in [6.45, 7) is 1.80. The molecule has 1 aliphatic carbocycles. The third kappa shape index (κ3) is 1.26. The predicted octanol–water partition coefficient (Wildman–Crippen LogP) is 3.17. The molecule has 64 valence electrons. The third-order valence-corrected chi connectivity index (χ3v) is 3.10. The molecule has 2 rings (SSSR count). The van der Waals surface area contributed by atoms with Crippen molar-refractivity contribution in [3.8, 4) is 0 Å². The van der Waals surface area contributed by atoms with Crippen molar-refractivity contribution in [2.24, 2.45) is 0 Å². The summed E-state index contributed by atoms with van der Waals surface area (Å²) >= 11 is 3.19. The fourth-order valence-electron chi connectivity index (χ4n) is 1.24. The van der Waals surface area contributed by atoms with E-state index in [1.165, 1.54) is 0 Å². The van der Waals surface area contributed by atoms with Gasteiger partial charge in [0.05, 0.1) is 10.2 Å². The molecule has 1 aromatic rings. The number of rotatable bonds is 1. The van der Waals surface area contributed by atoms with E-state index in [0.717, 1.165) is 24.1 Å². The van der Waals surface area contributed by atoms with Gasteiger partial charge in [0.2, 0.25) is 0 Å². The summed E-state index contributed by atoms with van der Waals surface area (Å²) in [6, 6.07) is 0. The van der Waals surface area contributed by atoms with Gasteiger partial charge in [-0.05, 0) is 41.6 Å². The van der Waals surface area contributed by atoms with Gasteiger partial charge < -0.3 is 0 Å². The Kier molecular flexibility index (Phi) is 1.91. The molecule has 0 aromatic carbocycles. The van der Waals surface area contributed by atoms with Crippen LogP contribution in [0.4, 0.5) is 4.39 Å². The van der Waals surface area contributed by atoms with Crippen LogP contribution in [0.2, 0.25) is 0 Å². The Morgan fingerprint density at radius 3 is 2.83 bits per heavy atom. The standard InChI is InChI=1S/C9H9BrFN/c1-5-8(10)9(11)7(4-12-5)6-2-3-6/h4,6H,2-3H2,1H3. The molecule has 1 aliphatic rings. The zero-order valence-corrected chi connectivity index (χ0v) is 8.36. The van der Waals surface area contributed by atoms with Crippen LogP contribution in [-0.4, -0.2) is 4.98 Å². The van der Waals surface area contributed by atoms with Gasteiger partial charge in [-0.1, -0.05) is 0 Å². The molecule has 1 aromatic heterocycles. The van der Waals surface area contributed by atoms with E-state index in [9.17, 15) is 4.39 Å². The van der Waals surface area contributed by atoms with Crippen LogP contribution in [0.15, 0.2) is 10.7 Å². The Hall–Kier alpha value is -0.440. The first-order chi connectivity index (χ1) is 5.70. The smallest absolute Gasteiger partial charge is 0.144 e. The van der Waals surface area contributed by atoms with Crippen molar-refractivity contribution in [3.63, 3.8) is 0 Å². The molecule has 1 saturated carbocycles. The SMILES string of the molecule is Cc1ncc(C2CC2)c(F)c1Br. The highest BCUT2D eigenvalue weighted by molar-refractivity contribution is 9.10. The van der Waals surface area contributed by atoms with E-state index in [1.807, 2.05) is 0 Å². The lowest BCUT2D eigenvalue weighted by Gasteiger charge is -2.03. The maximum absolute atomic E-state index is 13.5. The zero-order valence-electron chi connectivity index (χ0n) is 6.77. The minimum absolute atomic E-state index is 0.120. The largest absolute Gasteiger partial charge is 0.260 e. The molecule has 0 amide bonds. The number of aryl methyl sites for hydroxylation is 1. The Balaban J connectivity index is 2.49. The van der Waals surface area contributed by atoms with Gasteiger partial charge in [0.1, 0.15) is 5.82 Å². The number of aromatic nitrogens is 1. The summed E-state index contributed by atoms with van der Waals surface area (Å²) in [7, 11) is 0. The lowest BCUT2D eigenvalue weighted by Crippen LogP contribution is -1.94. The molecule has 0 spiro atoms. The first-order valence-electron chi connectivity index (χ1n) is 4.00. The molecule has 12 heavy (non-hydrogen) atoms. The second kappa shape index (κ2) is 2.80. The van der Waals surface area contributed by atoms with Crippen molar-refractivity contribution >= 4 is 15.9 Å². The minimum Gasteiger partial charge on any atom is -0.260 e. The monoisotopic (exact) mass is 229 g/mol. The van der Waals surface area contributed by atoms with Crippen molar-refractivity contribution in [1.82, 2.24) is 4.98 Å². The molecule has 0 saturated heterocycles. The highest BCUT2D eigenvalue weighted by Crippen LogP contribution is 2.42. The molecular weight excluding hydrogens is 221 g/mol. The number of halogens is 2. The Morgan fingerprint density at radius 2 is 2.25 bits per heavy atom. The molecule has 0 bridgehead atoms. The number of hydrogen-bond donors (Lipinski definition) is 0. The molecule has 0 N–H and O–H groups in total. The van der Waals surface area contributed by atoms with Gasteiger partial charge in [0.25, 0.3) is 0 Å². The van der Waals surface area contributed by atoms with Crippen molar-refractivity contribution in [3.05, 3.63) is 27.7 Å². The van der Waals surface area contributed by atoms with E-state index < -0.39 is 0 Å². The van der Waals surface area contributed by atoms with Gasteiger partial charge in [0.15, 0.2) is 0 Å². The Labute approximate surface area is 79.1 Å². The van der Waals surface area contributed by atoms with Crippen molar-refractivity contribution < 1.29 is 4.39 Å². The minimum atomic E-state index is -0.120. The lowest BCUT2D eigenvalue weighted by molar-refractivity contribution is 0.598. The van der Waals surface area contributed by atoms with Crippen molar-refractivity contribution in [2.75, 3.05) is 0 Å². The van der Waals surface area contributed by atoms with Crippen molar-refractivity contribution in [1.29, 1.82) is 0 Å². The number of nitrogens with zero attached hydrogens (tertiary/aromatic N) is 1. The van der Waals surface area contributed by atoms with Crippen LogP contribution in [0.3, 0.4) is 0 Å². The molecular formula is C9H9BrFN. The van der Waals surface area contributed by atoms with Gasteiger partial charge in [0, 0.05) is 11.8 Å². The molecule has 3 heteroatoms. The van der Waals surface area contributed by atoms with Crippen LogP contribution < -0.4 is 0 Å². The highest BCUT2D eigenvalue weighted by Gasteiger charge is 2.28. The molecule has 0 unspecified atom stereocenters. The van der Waals surface area contributed by atoms with Crippen molar-refractivity contribution in [2.45, 2.75) is 25.7 Å². The molecule has 0 aliphatic heterocycles. The van der Waals surface area contributed by atoms with Gasteiger partial charge in [-0.25, -0.2) is 4.39 Å². The van der Waals surface area contributed by atoms with Crippen LogP contribution in [0, 0.1) is 12.7 Å². The molecule has 1 nitrogen and oxygen atoms in total. The summed E-state index contributed by atoms with van der Waals surface area (Å²) < 4.78 is 14.0. The van der Waals surface area contributed by atoms with E-state index in [1.54, 1.807) is 13.1 Å². The van der Waals surface area contributed by atoms with E-state index in [0.29, 0.717) is 10.4 Å². The first-order valence-corrected chi connectivity index (χ1v) is 4.80. The van der Waals surface area contributed by atoms with Crippen LogP contribution in [0.5, 0.6) is 0 Å². The quantitative estimate of drug-likeness (QED) is 0.722. The Bertz CT molecular complexity index is 321. The second-order valence-electron chi connectivity index (χ2n) is 3.20. The Morgan fingerprint density at radius 1 is 1.58 bits per heavy atom. The number of hydrogen-bond acceptors (Lipinski definition) is 1. The fraction of sp³-hybridized carbons (Fsp3) is 0.444. The second-order valence-corrected chi connectivity index (χ2v) is 3.99. The number of pyridine rings is 1. The zero-order chi connectivity index (χ0) is 8.72. The van der Waals surface area contributed by atoms with Gasteiger partial charge in [-0.15, -0.1) is 0 Å². The summed E-state index contributed by atoms with van der Waals surface area (Å²) in [6.07, 6.45) is 3.87. The normalized spacial score (nSPS) is 16.6. The highest BCUT2D eigenvalue weighted by atomic mass is 79.9. The first kappa shape index (κ1) is 8.17. The maximum Gasteiger partial charge on any atom is 0.144 e. The predicted molar refractivity (Wildman–Crippen MR) is 48.6 cm³/mol. The van der Waals surface area contributed by atoms with E-state index >= 15 is 0 Å². The molecule has 0 radical (unpaired) electrons. The average Bonchev–Trinajstić information content (AvgIpc) is 2.84. The van der Waals surface area contributed by atoms with E-state index in [4.69, 9.17) is 0 Å². The average molecular weight is 230 g/mol.